The van der Waals surface area contributed by atoms with Crippen molar-refractivity contribution in [2.24, 2.45) is 0 Å². The minimum absolute atomic E-state index is 0.0271. The first-order valence-electron chi connectivity index (χ1n) is 15.1. The highest BCUT2D eigenvalue weighted by Gasteiger charge is 2.49. The molecule has 1 N–H and O–H groups in total. The summed E-state index contributed by atoms with van der Waals surface area (Å²) in [6.45, 7) is 9.00. The second-order valence-electron chi connectivity index (χ2n) is 12.3. The van der Waals surface area contributed by atoms with Crippen molar-refractivity contribution in [3.63, 3.8) is 0 Å². The summed E-state index contributed by atoms with van der Waals surface area (Å²) in [6, 6.07) is 7.84. The number of hydrogen-bond acceptors (Lipinski definition) is 8. The minimum atomic E-state index is -0.844. The molecule has 0 bridgehead atoms. The van der Waals surface area contributed by atoms with Crippen LogP contribution in [0.1, 0.15) is 50.5 Å². The summed E-state index contributed by atoms with van der Waals surface area (Å²) >= 11 is 0. The van der Waals surface area contributed by atoms with E-state index < -0.39 is 6.17 Å². The first-order valence-corrected chi connectivity index (χ1v) is 15.1. The van der Waals surface area contributed by atoms with Gasteiger partial charge in [0.15, 0.2) is 5.82 Å². The summed E-state index contributed by atoms with van der Waals surface area (Å²) < 4.78 is 20.7. The average Bonchev–Trinajstić information content (AvgIpc) is 3.69. The van der Waals surface area contributed by atoms with E-state index in [-0.39, 0.29) is 29.2 Å². The first-order chi connectivity index (χ1) is 20.3. The highest BCUT2D eigenvalue weighted by Crippen LogP contribution is 2.47. The Balaban J connectivity index is 1.28. The molecule has 3 aromatic rings. The van der Waals surface area contributed by atoms with E-state index in [0.29, 0.717) is 62.0 Å². The molecule has 3 saturated heterocycles. The van der Waals surface area contributed by atoms with E-state index in [0.717, 1.165) is 48.9 Å². The fourth-order valence-corrected chi connectivity index (χ4v) is 7.24. The zero-order chi connectivity index (χ0) is 29.0. The number of piperazine rings is 1. The van der Waals surface area contributed by atoms with Gasteiger partial charge in [-0.1, -0.05) is 18.7 Å². The van der Waals surface area contributed by atoms with Crippen LogP contribution in [-0.2, 0) is 4.79 Å². The van der Waals surface area contributed by atoms with E-state index >= 15 is 0 Å². The lowest BCUT2D eigenvalue weighted by Gasteiger charge is -2.40. The van der Waals surface area contributed by atoms with Crippen LogP contribution in [-0.4, -0.2) is 92.8 Å². The van der Waals surface area contributed by atoms with Crippen LogP contribution in [0.5, 0.6) is 11.8 Å². The van der Waals surface area contributed by atoms with Crippen LogP contribution in [0.25, 0.3) is 22.2 Å². The summed E-state index contributed by atoms with van der Waals surface area (Å²) in [6.07, 6.45) is 6.90. The standard InChI is InChI=1S/C32H37FN6O3/c1-3-27(41)37-12-13-39(20(2)17-37)30-29-25(14-22(16-34-29)28-24(21-8-9-21)6-4-7-26(28)40)35-31(36-30)42-19-32-10-5-11-38(32)18-23(33)15-32/h3-4,6-7,14,16,20-21,23,40H,1,5,8-13,15,17-19H2,2H3/t20-,23-,32+/m1/s1. The van der Waals surface area contributed by atoms with Gasteiger partial charge in [0.05, 0.1) is 11.1 Å². The number of benzene rings is 1. The topological polar surface area (TPSA) is 94.9 Å². The maximum absolute atomic E-state index is 14.4. The molecular weight excluding hydrogens is 535 g/mol. The van der Waals surface area contributed by atoms with Gasteiger partial charge in [0.25, 0.3) is 0 Å². The maximum atomic E-state index is 14.4. The van der Waals surface area contributed by atoms with Crippen LogP contribution in [0.4, 0.5) is 10.2 Å². The Morgan fingerprint density at radius 1 is 1.24 bits per heavy atom. The monoisotopic (exact) mass is 572 g/mol. The molecule has 220 valence electrons. The molecule has 0 radical (unpaired) electrons. The molecule has 42 heavy (non-hydrogen) atoms. The first kappa shape index (κ1) is 27.1. The van der Waals surface area contributed by atoms with Crippen molar-refractivity contribution in [3.8, 4) is 22.9 Å². The van der Waals surface area contributed by atoms with Crippen molar-refractivity contribution >= 4 is 22.8 Å². The number of amides is 1. The van der Waals surface area contributed by atoms with Gasteiger partial charge in [0, 0.05) is 56.0 Å². The van der Waals surface area contributed by atoms with E-state index in [1.54, 1.807) is 17.2 Å². The Morgan fingerprint density at radius 3 is 2.88 bits per heavy atom. The van der Waals surface area contributed by atoms with Gasteiger partial charge in [-0.3, -0.25) is 14.7 Å². The number of phenolic OH excluding ortho intramolecular Hbond substituents is 1. The number of alkyl halides is 1. The predicted molar refractivity (Wildman–Crippen MR) is 159 cm³/mol. The summed E-state index contributed by atoms with van der Waals surface area (Å²) in [5.74, 6) is 1.23. The quantitative estimate of drug-likeness (QED) is 0.415. The third-order valence-corrected chi connectivity index (χ3v) is 9.49. The summed E-state index contributed by atoms with van der Waals surface area (Å²) in [4.78, 5) is 33.0. The van der Waals surface area contributed by atoms with Crippen LogP contribution >= 0.6 is 0 Å². The zero-order valence-electron chi connectivity index (χ0n) is 24.0. The number of carbonyl (C=O) groups is 1. The number of aromatic hydroxyl groups is 1. The molecule has 1 amide bonds. The lowest BCUT2D eigenvalue weighted by Crippen LogP contribution is -2.53. The van der Waals surface area contributed by atoms with Crippen molar-refractivity contribution in [2.75, 3.05) is 44.2 Å². The maximum Gasteiger partial charge on any atom is 0.319 e. The number of hydrogen-bond donors (Lipinski definition) is 1. The van der Waals surface area contributed by atoms with Gasteiger partial charge in [0.2, 0.25) is 5.91 Å². The Morgan fingerprint density at radius 2 is 2.10 bits per heavy atom. The van der Waals surface area contributed by atoms with Crippen LogP contribution in [0.2, 0.25) is 0 Å². The second-order valence-corrected chi connectivity index (χ2v) is 12.3. The number of anilines is 1. The molecule has 1 aromatic carbocycles. The number of rotatable bonds is 7. The molecule has 1 saturated carbocycles. The van der Waals surface area contributed by atoms with E-state index in [4.69, 9.17) is 19.7 Å². The van der Waals surface area contributed by atoms with Crippen LogP contribution in [0.15, 0.2) is 43.1 Å². The molecule has 0 unspecified atom stereocenters. The van der Waals surface area contributed by atoms with E-state index in [9.17, 15) is 14.3 Å². The van der Waals surface area contributed by atoms with Crippen LogP contribution < -0.4 is 9.64 Å². The molecule has 4 fully saturated rings. The lowest BCUT2D eigenvalue weighted by atomic mass is 9.95. The SMILES string of the molecule is C=CC(=O)N1CCN(c2nc(OC[C@@]34CCCN3C[C@H](F)C4)nc3cc(-c4c(O)cccc4C4CC4)cnc23)[C@H](C)C1. The average molecular weight is 573 g/mol. The third-order valence-electron chi connectivity index (χ3n) is 9.49. The number of ether oxygens (including phenoxy) is 1. The van der Waals surface area contributed by atoms with E-state index in [1.165, 1.54) is 6.08 Å². The molecule has 1 aliphatic carbocycles. The number of fused-ring (bicyclic) bond motifs is 2. The number of pyridine rings is 1. The Labute approximate surface area is 245 Å². The Bertz CT molecular complexity index is 1550. The fraction of sp³-hybridized carbons (Fsp3) is 0.500. The summed E-state index contributed by atoms with van der Waals surface area (Å²) in [5.41, 5.74) is 3.64. The molecule has 4 aliphatic rings. The Hall–Kier alpha value is -3.79. The molecular formula is C32H37FN6O3. The van der Waals surface area contributed by atoms with Gasteiger partial charge in [0.1, 0.15) is 24.0 Å². The normalized spacial score (nSPS) is 26.0. The summed E-state index contributed by atoms with van der Waals surface area (Å²) in [5, 5.41) is 10.9. The molecule has 5 heterocycles. The zero-order valence-corrected chi connectivity index (χ0v) is 24.0. The van der Waals surface area contributed by atoms with Crippen molar-refractivity contribution < 1.29 is 19.0 Å². The van der Waals surface area contributed by atoms with Gasteiger partial charge in [-0.15, -0.1) is 0 Å². The van der Waals surface area contributed by atoms with E-state index in [2.05, 4.69) is 29.4 Å². The molecule has 2 aromatic heterocycles. The molecule has 10 heteroatoms. The van der Waals surface area contributed by atoms with Gasteiger partial charge in [-0.25, -0.2) is 4.39 Å². The molecule has 3 atom stereocenters. The van der Waals surface area contributed by atoms with Gasteiger partial charge < -0.3 is 19.6 Å². The van der Waals surface area contributed by atoms with Crippen LogP contribution in [0.3, 0.4) is 0 Å². The van der Waals surface area contributed by atoms with Gasteiger partial charge >= 0.3 is 6.01 Å². The Kier molecular flexibility index (Phi) is 6.76. The fourth-order valence-electron chi connectivity index (χ4n) is 7.24. The van der Waals surface area contributed by atoms with Crippen molar-refractivity contribution in [1.82, 2.24) is 24.8 Å². The number of halogens is 1. The number of nitrogens with zero attached hydrogens (tertiary/aromatic N) is 6. The molecule has 9 nitrogen and oxygen atoms in total. The predicted octanol–water partition coefficient (Wildman–Crippen LogP) is 4.45. The van der Waals surface area contributed by atoms with Crippen molar-refractivity contribution in [2.45, 2.75) is 62.7 Å². The highest BCUT2D eigenvalue weighted by atomic mass is 19.1. The van der Waals surface area contributed by atoms with Crippen LogP contribution in [0, 0.1) is 0 Å². The van der Waals surface area contributed by atoms with Gasteiger partial charge in [-0.2, -0.15) is 9.97 Å². The minimum Gasteiger partial charge on any atom is -0.507 e. The molecule has 3 aliphatic heterocycles. The number of carbonyl (C=O) groups excluding carboxylic acids is 1. The van der Waals surface area contributed by atoms with Crippen molar-refractivity contribution in [1.29, 1.82) is 0 Å². The third kappa shape index (κ3) is 4.75. The number of aromatic nitrogens is 3. The molecule has 7 rings (SSSR count). The lowest BCUT2D eigenvalue weighted by molar-refractivity contribution is -0.126. The molecule has 0 spiro atoms. The number of phenols is 1. The van der Waals surface area contributed by atoms with E-state index in [1.807, 2.05) is 12.1 Å². The second kappa shape index (κ2) is 10.5. The smallest absolute Gasteiger partial charge is 0.319 e. The van der Waals surface area contributed by atoms with Crippen molar-refractivity contribution in [3.05, 3.63) is 48.7 Å². The largest absolute Gasteiger partial charge is 0.507 e. The summed E-state index contributed by atoms with van der Waals surface area (Å²) in [7, 11) is 0. The van der Waals surface area contributed by atoms with Gasteiger partial charge in [-0.05, 0) is 68.8 Å². The highest BCUT2D eigenvalue weighted by molar-refractivity contribution is 5.91.